The first-order chi connectivity index (χ1) is 14.0. The van der Waals surface area contributed by atoms with Crippen LogP contribution in [0.3, 0.4) is 0 Å². The highest BCUT2D eigenvalue weighted by Gasteiger charge is 2.35. The quantitative estimate of drug-likeness (QED) is 0.683. The number of hydrogen-bond donors (Lipinski definition) is 1. The van der Waals surface area contributed by atoms with Crippen LogP contribution in [0.15, 0.2) is 42.5 Å². The molecule has 1 aliphatic heterocycles. The van der Waals surface area contributed by atoms with E-state index in [1.54, 1.807) is 12.1 Å². The second kappa shape index (κ2) is 8.90. The number of nitrogens with one attached hydrogen (secondary N) is 1. The largest absolute Gasteiger partial charge is 0.372 e. The van der Waals surface area contributed by atoms with E-state index < -0.39 is 0 Å². The number of anilines is 2. The Morgan fingerprint density at radius 1 is 0.931 bits per heavy atom. The van der Waals surface area contributed by atoms with E-state index in [1.165, 1.54) is 11.0 Å². The fourth-order valence-electron chi connectivity index (χ4n) is 3.50. The molecule has 1 aliphatic rings. The number of fused-ring (bicyclic) bond motifs is 1. The first-order valence-electron chi connectivity index (χ1n) is 10.2. The lowest BCUT2D eigenvalue weighted by Gasteiger charge is -2.21. The smallest absolute Gasteiger partial charge is 0.261 e. The third kappa shape index (κ3) is 4.16. The Balaban J connectivity index is 1.74. The van der Waals surface area contributed by atoms with Crippen molar-refractivity contribution in [1.82, 2.24) is 4.90 Å². The summed E-state index contributed by atoms with van der Waals surface area (Å²) in [5.74, 6) is -0.912. The number of rotatable bonds is 8. The Hall–Kier alpha value is -3.15. The van der Waals surface area contributed by atoms with Crippen LogP contribution in [0.5, 0.6) is 0 Å². The van der Waals surface area contributed by atoms with Gasteiger partial charge in [0.15, 0.2) is 0 Å². The molecule has 0 fully saturated rings. The standard InChI is InChI=1S/C23H27N3O3/c1-4-7-14-26-22(28)19-13-8-16(15-20(19)23(26)29)21(27)24-17-9-11-18(12-10-17)25(5-2)6-3/h8-13,15H,4-7,14H2,1-3H3,(H,24,27). The van der Waals surface area contributed by atoms with Gasteiger partial charge >= 0.3 is 0 Å². The van der Waals surface area contributed by atoms with E-state index in [-0.39, 0.29) is 17.7 Å². The monoisotopic (exact) mass is 393 g/mol. The zero-order chi connectivity index (χ0) is 21.0. The summed E-state index contributed by atoms with van der Waals surface area (Å²) in [5, 5.41) is 2.86. The molecule has 1 heterocycles. The van der Waals surface area contributed by atoms with Crippen LogP contribution in [0.4, 0.5) is 11.4 Å². The van der Waals surface area contributed by atoms with E-state index in [2.05, 4.69) is 24.1 Å². The Bertz CT molecular complexity index is 917. The zero-order valence-electron chi connectivity index (χ0n) is 17.2. The van der Waals surface area contributed by atoms with E-state index in [4.69, 9.17) is 0 Å². The maximum Gasteiger partial charge on any atom is 0.261 e. The van der Waals surface area contributed by atoms with Gasteiger partial charge in [0.1, 0.15) is 0 Å². The Kier molecular flexibility index (Phi) is 6.32. The molecule has 0 saturated carbocycles. The molecule has 0 unspecified atom stereocenters. The molecule has 3 amide bonds. The lowest BCUT2D eigenvalue weighted by molar-refractivity contribution is 0.0652. The average molecular weight is 393 g/mol. The molecule has 1 N–H and O–H groups in total. The topological polar surface area (TPSA) is 69.7 Å². The first kappa shape index (κ1) is 20.6. The lowest BCUT2D eigenvalue weighted by atomic mass is 10.1. The molecule has 0 radical (unpaired) electrons. The van der Waals surface area contributed by atoms with Crippen molar-refractivity contribution in [3.63, 3.8) is 0 Å². The minimum atomic E-state index is -0.323. The van der Waals surface area contributed by atoms with Crippen LogP contribution >= 0.6 is 0 Å². The highest BCUT2D eigenvalue weighted by atomic mass is 16.2. The highest BCUT2D eigenvalue weighted by Crippen LogP contribution is 2.25. The minimum absolute atomic E-state index is 0.280. The zero-order valence-corrected chi connectivity index (χ0v) is 17.2. The fraction of sp³-hybridized carbons (Fsp3) is 0.348. The average Bonchev–Trinajstić information content (AvgIpc) is 2.98. The van der Waals surface area contributed by atoms with Crippen molar-refractivity contribution in [3.05, 3.63) is 59.2 Å². The third-order valence-corrected chi connectivity index (χ3v) is 5.22. The molecule has 152 valence electrons. The van der Waals surface area contributed by atoms with Crippen molar-refractivity contribution >= 4 is 29.1 Å². The van der Waals surface area contributed by atoms with Gasteiger partial charge in [-0.1, -0.05) is 13.3 Å². The van der Waals surface area contributed by atoms with Gasteiger partial charge in [-0.2, -0.15) is 0 Å². The van der Waals surface area contributed by atoms with Crippen LogP contribution in [0.2, 0.25) is 0 Å². The number of amides is 3. The predicted octanol–water partition coefficient (Wildman–Crippen LogP) is 4.18. The summed E-state index contributed by atoms with van der Waals surface area (Å²) in [6, 6.07) is 12.3. The summed E-state index contributed by atoms with van der Waals surface area (Å²) >= 11 is 0. The molecule has 6 heteroatoms. The van der Waals surface area contributed by atoms with Gasteiger partial charge in [0, 0.05) is 36.6 Å². The molecule has 29 heavy (non-hydrogen) atoms. The van der Waals surface area contributed by atoms with E-state index in [0.717, 1.165) is 31.6 Å². The summed E-state index contributed by atoms with van der Waals surface area (Å²) < 4.78 is 0. The van der Waals surface area contributed by atoms with E-state index in [9.17, 15) is 14.4 Å². The van der Waals surface area contributed by atoms with Crippen LogP contribution in [-0.2, 0) is 0 Å². The summed E-state index contributed by atoms with van der Waals surface area (Å²) in [5.41, 5.74) is 2.80. The number of carbonyl (C=O) groups is 3. The van der Waals surface area contributed by atoms with E-state index in [0.29, 0.717) is 28.9 Å². The van der Waals surface area contributed by atoms with Gasteiger partial charge in [0.2, 0.25) is 0 Å². The second-order valence-corrected chi connectivity index (χ2v) is 7.05. The molecular weight excluding hydrogens is 366 g/mol. The van der Waals surface area contributed by atoms with Crippen molar-refractivity contribution < 1.29 is 14.4 Å². The maximum absolute atomic E-state index is 12.7. The summed E-state index contributed by atoms with van der Waals surface area (Å²) in [6.07, 6.45) is 1.66. The molecule has 2 aromatic rings. The van der Waals surface area contributed by atoms with Gasteiger partial charge in [-0.05, 0) is 62.7 Å². The summed E-state index contributed by atoms with van der Waals surface area (Å²) in [7, 11) is 0. The summed E-state index contributed by atoms with van der Waals surface area (Å²) in [6.45, 7) is 8.45. The van der Waals surface area contributed by atoms with Crippen molar-refractivity contribution in [3.8, 4) is 0 Å². The molecule has 0 saturated heterocycles. The second-order valence-electron chi connectivity index (χ2n) is 7.05. The van der Waals surface area contributed by atoms with Crippen LogP contribution in [0.25, 0.3) is 0 Å². The normalized spacial score (nSPS) is 12.9. The van der Waals surface area contributed by atoms with Crippen molar-refractivity contribution in [1.29, 1.82) is 0 Å². The fourth-order valence-corrected chi connectivity index (χ4v) is 3.50. The van der Waals surface area contributed by atoms with Gasteiger partial charge in [0.25, 0.3) is 17.7 Å². The number of nitrogens with zero attached hydrogens (tertiary/aromatic N) is 2. The lowest BCUT2D eigenvalue weighted by Crippen LogP contribution is -2.30. The van der Waals surface area contributed by atoms with Gasteiger partial charge < -0.3 is 10.2 Å². The molecule has 0 spiro atoms. The third-order valence-electron chi connectivity index (χ3n) is 5.22. The van der Waals surface area contributed by atoms with Crippen molar-refractivity contribution in [2.75, 3.05) is 29.9 Å². The number of unbranched alkanes of at least 4 members (excludes halogenated alkanes) is 1. The molecular formula is C23H27N3O3. The highest BCUT2D eigenvalue weighted by molar-refractivity contribution is 6.22. The number of imide groups is 1. The minimum Gasteiger partial charge on any atom is -0.372 e. The molecule has 2 aromatic carbocycles. The van der Waals surface area contributed by atoms with Crippen molar-refractivity contribution in [2.24, 2.45) is 0 Å². The summed E-state index contributed by atoms with van der Waals surface area (Å²) in [4.78, 5) is 41.1. The molecule has 0 aliphatic carbocycles. The Morgan fingerprint density at radius 3 is 2.21 bits per heavy atom. The number of hydrogen-bond acceptors (Lipinski definition) is 4. The SMILES string of the molecule is CCCCN1C(=O)c2ccc(C(=O)Nc3ccc(N(CC)CC)cc3)cc2C1=O. The van der Waals surface area contributed by atoms with Crippen LogP contribution in [0.1, 0.15) is 64.7 Å². The van der Waals surface area contributed by atoms with Gasteiger partial charge in [-0.25, -0.2) is 0 Å². The molecule has 0 atom stereocenters. The van der Waals surface area contributed by atoms with Crippen LogP contribution in [0, 0.1) is 0 Å². The molecule has 3 rings (SSSR count). The van der Waals surface area contributed by atoms with E-state index >= 15 is 0 Å². The first-order valence-corrected chi connectivity index (χ1v) is 10.2. The Labute approximate surface area is 171 Å². The van der Waals surface area contributed by atoms with Crippen LogP contribution < -0.4 is 10.2 Å². The van der Waals surface area contributed by atoms with E-state index in [1.807, 2.05) is 31.2 Å². The molecule has 0 bridgehead atoms. The number of benzene rings is 2. The Morgan fingerprint density at radius 2 is 1.59 bits per heavy atom. The van der Waals surface area contributed by atoms with Gasteiger partial charge in [-0.3, -0.25) is 19.3 Å². The van der Waals surface area contributed by atoms with Crippen LogP contribution in [-0.4, -0.2) is 42.3 Å². The molecule has 0 aromatic heterocycles. The van der Waals surface area contributed by atoms with Gasteiger partial charge in [-0.15, -0.1) is 0 Å². The maximum atomic E-state index is 12.7. The van der Waals surface area contributed by atoms with Crippen molar-refractivity contribution in [2.45, 2.75) is 33.6 Å². The molecule has 6 nitrogen and oxygen atoms in total. The predicted molar refractivity (Wildman–Crippen MR) is 115 cm³/mol. The number of carbonyl (C=O) groups excluding carboxylic acids is 3. The van der Waals surface area contributed by atoms with Gasteiger partial charge in [0.05, 0.1) is 11.1 Å².